The highest BCUT2D eigenvalue weighted by Gasteiger charge is 2.33. The molecule has 38 heavy (non-hydrogen) atoms. The molecule has 0 saturated heterocycles. The van der Waals surface area contributed by atoms with Crippen molar-refractivity contribution in [2.75, 3.05) is 13.2 Å². The molecule has 1 aromatic heterocycles. The number of benzene rings is 2. The molecule has 9 nitrogen and oxygen atoms in total. The molecule has 1 N–H and O–H groups in total. The van der Waals surface area contributed by atoms with E-state index in [1.165, 1.54) is 15.9 Å². The van der Waals surface area contributed by atoms with Crippen molar-refractivity contribution >= 4 is 29.4 Å². The van der Waals surface area contributed by atoms with Crippen LogP contribution in [-0.2, 0) is 14.3 Å². The van der Waals surface area contributed by atoms with Crippen LogP contribution in [0.1, 0.15) is 44.9 Å². The minimum absolute atomic E-state index is 0.00350. The molecule has 1 aliphatic heterocycles. The summed E-state index contributed by atoms with van der Waals surface area (Å²) in [5.41, 5.74) is 1.84. The predicted octanol–water partition coefficient (Wildman–Crippen LogP) is 3.05. The third-order valence-corrected chi connectivity index (χ3v) is 6.59. The fourth-order valence-corrected chi connectivity index (χ4v) is 5.14. The van der Waals surface area contributed by atoms with Gasteiger partial charge in [-0.3, -0.25) is 9.36 Å². The molecule has 1 aliphatic rings. The number of allylic oxidation sites excluding steroid dienone is 1. The second kappa shape index (κ2) is 11.5. The molecule has 0 saturated carbocycles. The van der Waals surface area contributed by atoms with E-state index in [2.05, 4.69) is 4.99 Å². The van der Waals surface area contributed by atoms with Gasteiger partial charge in [-0.1, -0.05) is 35.6 Å². The number of hydrogen-bond acceptors (Lipinski definition) is 8. The first kappa shape index (κ1) is 26.9. The van der Waals surface area contributed by atoms with Crippen LogP contribution < -0.4 is 24.4 Å². The monoisotopic (exact) mass is 536 g/mol. The van der Waals surface area contributed by atoms with Crippen molar-refractivity contribution in [1.29, 1.82) is 0 Å². The Kier molecular flexibility index (Phi) is 8.11. The number of carbonyl (C=O) groups excluding carboxylic acids is 1. The van der Waals surface area contributed by atoms with Gasteiger partial charge in [-0.05, 0) is 69.2 Å². The van der Waals surface area contributed by atoms with Crippen molar-refractivity contribution in [3.8, 4) is 11.5 Å². The molecule has 1 atom stereocenters. The number of ether oxygens (including phenoxy) is 3. The summed E-state index contributed by atoms with van der Waals surface area (Å²) >= 11 is 1.20. The number of fused-ring (bicyclic) bond motifs is 1. The van der Waals surface area contributed by atoms with Crippen LogP contribution in [0.15, 0.2) is 69.6 Å². The zero-order valence-electron chi connectivity index (χ0n) is 21.5. The van der Waals surface area contributed by atoms with E-state index < -0.39 is 24.6 Å². The Hall–Kier alpha value is -4.18. The highest BCUT2D eigenvalue weighted by Crippen LogP contribution is 2.31. The first-order valence-corrected chi connectivity index (χ1v) is 12.9. The van der Waals surface area contributed by atoms with Gasteiger partial charge in [0, 0.05) is 0 Å². The number of hydrogen-bond donors (Lipinski definition) is 1. The van der Waals surface area contributed by atoms with Gasteiger partial charge in [-0.25, -0.2) is 14.6 Å². The van der Waals surface area contributed by atoms with Gasteiger partial charge in [0.05, 0.1) is 34.6 Å². The number of aromatic nitrogens is 1. The molecular formula is C28H28N2O7S. The lowest BCUT2D eigenvalue weighted by Crippen LogP contribution is -2.39. The average molecular weight is 537 g/mol. The Morgan fingerprint density at radius 2 is 1.89 bits per heavy atom. The van der Waals surface area contributed by atoms with E-state index in [4.69, 9.17) is 19.3 Å². The summed E-state index contributed by atoms with van der Waals surface area (Å²) in [6.07, 6.45) is 1.70. The van der Waals surface area contributed by atoms with Gasteiger partial charge >= 0.3 is 11.9 Å². The van der Waals surface area contributed by atoms with Crippen LogP contribution in [0.4, 0.5) is 0 Å². The van der Waals surface area contributed by atoms with Gasteiger partial charge in [-0.2, -0.15) is 0 Å². The van der Waals surface area contributed by atoms with Crippen LogP contribution in [0.25, 0.3) is 6.08 Å². The molecule has 0 fully saturated rings. The fraction of sp³-hybridized carbons (Fsp3) is 0.286. The molecule has 0 unspecified atom stereocenters. The second-order valence-electron chi connectivity index (χ2n) is 8.79. The topological polar surface area (TPSA) is 116 Å². The van der Waals surface area contributed by atoms with Gasteiger partial charge in [0.2, 0.25) is 0 Å². The third kappa shape index (κ3) is 5.86. The maximum atomic E-state index is 13.7. The quantitative estimate of drug-likeness (QED) is 0.418. The van der Waals surface area contributed by atoms with Gasteiger partial charge in [0.15, 0.2) is 11.4 Å². The number of carboxylic acids is 1. The first-order chi connectivity index (χ1) is 18.2. The molecular weight excluding hydrogens is 508 g/mol. The summed E-state index contributed by atoms with van der Waals surface area (Å²) in [5.74, 6) is -0.561. The van der Waals surface area contributed by atoms with E-state index in [9.17, 15) is 14.4 Å². The zero-order valence-corrected chi connectivity index (χ0v) is 22.3. The molecule has 4 rings (SSSR count). The number of aliphatic carboxylic acids is 1. The summed E-state index contributed by atoms with van der Waals surface area (Å²) in [5, 5.41) is 8.87. The number of nitrogens with zero attached hydrogens (tertiary/aromatic N) is 2. The molecule has 10 heteroatoms. The zero-order chi connectivity index (χ0) is 27.4. The van der Waals surface area contributed by atoms with E-state index >= 15 is 0 Å². The third-order valence-electron chi connectivity index (χ3n) is 5.60. The Labute approximate surface area is 222 Å². The number of thiazole rings is 1. The van der Waals surface area contributed by atoms with E-state index in [1.807, 2.05) is 38.1 Å². The molecule has 0 radical (unpaired) electrons. The van der Waals surface area contributed by atoms with Crippen LogP contribution in [0.2, 0.25) is 0 Å². The molecule has 2 aromatic carbocycles. The molecule has 0 spiro atoms. The van der Waals surface area contributed by atoms with E-state index in [-0.39, 0.29) is 18.3 Å². The van der Waals surface area contributed by atoms with Gasteiger partial charge in [0.1, 0.15) is 11.5 Å². The van der Waals surface area contributed by atoms with Gasteiger partial charge in [-0.15, -0.1) is 0 Å². The standard InChI is InChI=1S/C28H28N2O7S/c1-5-35-27(34)24-17(4)29-28-30(25(24)19-9-11-20(12-10-19)37-16(2)3)26(33)22(38-28)14-18-7-6-8-21(13-18)36-15-23(31)32/h6-14,16,25H,5,15H2,1-4H3,(H,31,32)/b22-14-/t25-/m0/s1. The largest absolute Gasteiger partial charge is 0.491 e. The second-order valence-corrected chi connectivity index (χ2v) is 9.80. The molecule has 0 bridgehead atoms. The molecule has 0 aliphatic carbocycles. The summed E-state index contributed by atoms with van der Waals surface area (Å²) in [6, 6.07) is 13.4. The maximum Gasteiger partial charge on any atom is 0.341 e. The average Bonchev–Trinajstić information content (AvgIpc) is 3.16. The molecule has 2 heterocycles. The van der Waals surface area contributed by atoms with Gasteiger partial charge < -0.3 is 19.3 Å². The Morgan fingerprint density at radius 3 is 2.55 bits per heavy atom. The summed E-state index contributed by atoms with van der Waals surface area (Å²) in [6.45, 7) is 7.05. The minimum Gasteiger partial charge on any atom is -0.491 e. The summed E-state index contributed by atoms with van der Waals surface area (Å²) < 4.78 is 18.3. The minimum atomic E-state index is -1.08. The summed E-state index contributed by atoms with van der Waals surface area (Å²) in [4.78, 5) is 42.6. The fourth-order valence-electron chi connectivity index (χ4n) is 4.10. The number of rotatable bonds is 9. The number of esters is 1. The SMILES string of the molecule is CCOC(=O)C1=C(C)N=c2s/c(=C\c3cccc(OCC(=O)O)c3)c(=O)n2[C@H]1c1ccc(OC(C)C)cc1. The molecule has 0 amide bonds. The highest BCUT2D eigenvalue weighted by atomic mass is 32.1. The van der Waals surface area contributed by atoms with Crippen molar-refractivity contribution in [1.82, 2.24) is 4.57 Å². The highest BCUT2D eigenvalue weighted by molar-refractivity contribution is 7.07. The summed E-state index contributed by atoms with van der Waals surface area (Å²) in [7, 11) is 0. The van der Waals surface area contributed by atoms with Crippen molar-refractivity contribution in [2.45, 2.75) is 39.8 Å². The van der Waals surface area contributed by atoms with Crippen LogP contribution in [0.3, 0.4) is 0 Å². The Balaban J connectivity index is 1.83. The lowest BCUT2D eigenvalue weighted by atomic mass is 9.96. The lowest BCUT2D eigenvalue weighted by Gasteiger charge is -2.25. The maximum absolute atomic E-state index is 13.7. The van der Waals surface area contributed by atoms with Crippen molar-refractivity contribution in [3.63, 3.8) is 0 Å². The first-order valence-electron chi connectivity index (χ1n) is 12.1. The molecule has 198 valence electrons. The Bertz CT molecular complexity index is 1570. The van der Waals surface area contributed by atoms with Crippen LogP contribution in [-0.4, -0.2) is 40.9 Å². The lowest BCUT2D eigenvalue weighted by molar-refractivity contribution is -0.140. The molecule has 3 aromatic rings. The number of carboxylic acid groups (broad SMARTS) is 1. The van der Waals surface area contributed by atoms with Crippen LogP contribution >= 0.6 is 11.3 Å². The van der Waals surface area contributed by atoms with E-state index in [0.29, 0.717) is 37.7 Å². The smallest absolute Gasteiger partial charge is 0.341 e. The van der Waals surface area contributed by atoms with E-state index in [0.717, 1.165) is 5.56 Å². The van der Waals surface area contributed by atoms with Crippen molar-refractivity contribution in [2.24, 2.45) is 4.99 Å². The van der Waals surface area contributed by atoms with E-state index in [1.54, 1.807) is 44.2 Å². The normalized spacial score (nSPS) is 15.2. The predicted molar refractivity (Wildman–Crippen MR) is 142 cm³/mol. The Morgan fingerprint density at radius 1 is 1.16 bits per heavy atom. The van der Waals surface area contributed by atoms with Crippen molar-refractivity contribution < 1.29 is 28.9 Å². The van der Waals surface area contributed by atoms with Crippen LogP contribution in [0, 0.1) is 0 Å². The van der Waals surface area contributed by atoms with Crippen molar-refractivity contribution in [3.05, 3.63) is 90.6 Å². The van der Waals surface area contributed by atoms with Crippen LogP contribution in [0.5, 0.6) is 11.5 Å². The number of carbonyl (C=O) groups is 2. The van der Waals surface area contributed by atoms with Gasteiger partial charge in [0.25, 0.3) is 5.56 Å².